The number of benzene rings is 2. The summed E-state index contributed by atoms with van der Waals surface area (Å²) < 4.78 is 15.8. The Kier molecular flexibility index (Phi) is 6.48. The number of rotatable bonds is 6. The van der Waals surface area contributed by atoms with Crippen molar-refractivity contribution in [3.63, 3.8) is 0 Å². The summed E-state index contributed by atoms with van der Waals surface area (Å²) in [5, 5.41) is 9.00. The molecule has 6 rings (SSSR count). The number of fused-ring (bicyclic) bond motifs is 5. The molecule has 2 bridgehead atoms. The molecule has 0 radical (unpaired) electrons. The molecule has 4 unspecified atom stereocenters. The second kappa shape index (κ2) is 9.79. The molecule has 2 aromatic heterocycles. The molecule has 2 aliphatic carbocycles. The molecule has 1 amide bonds. The first-order chi connectivity index (χ1) is 17.9. The lowest BCUT2D eigenvalue weighted by Crippen LogP contribution is -2.44. The van der Waals surface area contributed by atoms with Crippen LogP contribution in [0.25, 0.3) is 27.8 Å². The van der Waals surface area contributed by atoms with Gasteiger partial charge in [0.1, 0.15) is 5.82 Å². The summed E-state index contributed by atoms with van der Waals surface area (Å²) in [6.45, 7) is 2.21. The fourth-order valence-corrected chi connectivity index (χ4v) is 7.21. The van der Waals surface area contributed by atoms with Crippen molar-refractivity contribution in [2.75, 3.05) is 5.75 Å². The van der Waals surface area contributed by atoms with Gasteiger partial charge in [-0.3, -0.25) is 9.59 Å². The van der Waals surface area contributed by atoms with Crippen LogP contribution in [-0.2, 0) is 4.79 Å². The zero-order chi connectivity index (χ0) is 25.7. The van der Waals surface area contributed by atoms with Gasteiger partial charge in [0, 0.05) is 21.5 Å². The SMILES string of the molecule is CCC1C2CCC(C2)C1NC(=O)CSc1nc2ccc(Br)cc2c2nc(=O)c(-c3ccc(F)cc3)nn12. The van der Waals surface area contributed by atoms with E-state index in [2.05, 4.69) is 38.3 Å². The van der Waals surface area contributed by atoms with E-state index in [1.807, 2.05) is 18.2 Å². The van der Waals surface area contributed by atoms with Gasteiger partial charge in [-0.05, 0) is 79.5 Å². The maximum atomic E-state index is 13.5. The van der Waals surface area contributed by atoms with Crippen LogP contribution in [0.2, 0.25) is 0 Å². The Bertz CT molecular complexity index is 1580. The van der Waals surface area contributed by atoms with E-state index in [1.165, 1.54) is 59.8 Å². The molecule has 0 aliphatic heterocycles. The monoisotopic (exact) mass is 581 g/mol. The number of hydrogen-bond donors (Lipinski definition) is 1. The van der Waals surface area contributed by atoms with Crippen LogP contribution in [0, 0.1) is 23.6 Å². The van der Waals surface area contributed by atoms with E-state index in [-0.39, 0.29) is 23.4 Å². The highest BCUT2D eigenvalue weighted by Gasteiger charge is 2.46. The van der Waals surface area contributed by atoms with Gasteiger partial charge in [-0.15, -0.1) is 0 Å². The van der Waals surface area contributed by atoms with Crippen LogP contribution in [0.3, 0.4) is 0 Å². The highest BCUT2D eigenvalue weighted by molar-refractivity contribution is 9.10. The first-order valence-corrected chi connectivity index (χ1v) is 14.3. The normalized spacial score (nSPS) is 22.7. The standard InChI is InChI=1S/C27H25BrFN5O2S/c1-2-19-15-3-4-16(11-15)23(19)31-22(35)13-37-27-30-21-10-7-17(28)12-20(21)25-32-26(36)24(33-34(25)27)14-5-8-18(29)9-6-14/h5-10,12,15-16,19,23H,2-4,11,13H2,1H3,(H,31,35). The predicted octanol–water partition coefficient (Wildman–Crippen LogP) is 5.24. The third kappa shape index (κ3) is 4.54. The molecule has 2 fully saturated rings. The Labute approximate surface area is 225 Å². The van der Waals surface area contributed by atoms with Crippen molar-refractivity contribution in [2.45, 2.75) is 43.8 Å². The molecule has 4 atom stereocenters. The number of amides is 1. The number of aromatic nitrogens is 4. The van der Waals surface area contributed by atoms with Gasteiger partial charge < -0.3 is 5.32 Å². The van der Waals surface area contributed by atoms with Crippen molar-refractivity contribution in [2.24, 2.45) is 17.8 Å². The second-order valence-electron chi connectivity index (χ2n) is 9.85. The van der Waals surface area contributed by atoms with Gasteiger partial charge in [-0.1, -0.05) is 41.0 Å². The Hall–Kier alpha value is -2.85. The van der Waals surface area contributed by atoms with Crippen LogP contribution in [0.1, 0.15) is 32.6 Å². The maximum absolute atomic E-state index is 13.5. The highest BCUT2D eigenvalue weighted by Crippen LogP contribution is 2.49. The van der Waals surface area contributed by atoms with Gasteiger partial charge in [-0.25, -0.2) is 9.37 Å². The van der Waals surface area contributed by atoms with Crippen molar-refractivity contribution < 1.29 is 9.18 Å². The molecule has 7 nitrogen and oxygen atoms in total. The fourth-order valence-electron chi connectivity index (χ4n) is 6.09. The Balaban J connectivity index is 1.35. The topological polar surface area (TPSA) is 89.2 Å². The molecule has 2 aliphatic rings. The second-order valence-corrected chi connectivity index (χ2v) is 11.7. The molecule has 2 aromatic carbocycles. The molecular formula is C27H25BrFN5O2S. The smallest absolute Gasteiger partial charge is 0.300 e. The number of nitrogens with one attached hydrogen (secondary N) is 1. The number of thioether (sulfide) groups is 1. The lowest BCUT2D eigenvalue weighted by molar-refractivity contribution is -0.120. The van der Waals surface area contributed by atoms with Gasteiger partial charge in [0.15, 0.2) is 16.5 Å². The van der Waals surface area contributed by atoms with Gasteiger partial charge >= 0.3 is 0 Å². The molecule has 0 spiro atoms. The van der Waals surface area contributed by atoms with E-state index in [9.17, 15) is 14.0 Å². The minimum absolute atomic E-state index is 0.0281. The quantitative estimate of drug-likeness (QED) is 0.190. The van der Waals surface area contributed by atoms with E-state index < -0.39 is 11.4 Å². The van der Waals surface area contributed by atoms with Crippen LogP contribution in [-0.4, -0.2) is 37.3 Å². The van der Waals surface area contributed by atoms with Crippen LogP contribution in [0.5, 0.6) is 0 Å². The molecule has 2 saturated carbocycles. The summed E-state index contributed by atoms with van der Waals surface area (Å²) in [7, 11) is 0. The van der Waals surface area contributed by atoms with Crippen LogP contribution in [0.4, 0.5) is 4.39 Å². The average Bonchev–Trinajstić information content (AvgIpc) is 3.49. The van der Waals surface area contributed by atoms with Crippen LogP contribution in [0.15, 0.2) is 56.9 Å². The maximum Gasteiger partial charge on any atom is 0.300 e. The third-order valence-electron chi connectivity index (χ3n) is 7.74. The highest BCUT2D eigenvalue weighted by atomic mass is 79.9. The molecule has 190 valence electrons. The number of nitrogens with zero attached hydrogens (tertiary/aromatic N) is 4. The molecular weight excluding hydrogens is 557 g/mol. The minimum Gasteiger partial charge on any atom is -0.352 e. The summed E-state index contributed by atoms with van der Waals surface area (Å²) in [6.07, 6.45) is 4.78. The lowest BCUT2D eigenvalue weighted by atomic mass is 9.83. The first kappa shape index (κ1) is 24.5. The van der Waals surface area contributed by atoms with Crippen molar-refractivity contribution in [3.8, 4) is 11.3 Å². The van der Waals surface area contributed by atoms with Crippen molar-refractivity contribution in [1.29, 1.82) is 0 Å². The summed E-state index contributed by atoms with van der Waals surface area (Å²) in [5.41, 5.74) is 1.03. The van der Waals surface area contributed by atoms with Gasteiger partial charge in [-0.2, -0.15) is 14.6 Å². The van der Waals surface area contributed by atoms with E-state index in [1.54, 1.807) is 0 Å². The van der Waals surface area contributed by atoms with Crippen molar-refractivity contribution in [1.82, 2.24) is 24.9 Å². The van der Waals surface area contributed by atoms with Crippen molar-refractivity contribution in [3.05, 3.63) is 63.1 Å². The Morgan fingerprint density at radius 2 is 1.95 bits per heavy atom. The lowest BCUT2D eigenvalue weighted by Gasteiger charge is -2.31. The zero-order valence-corrected chi connectivity index (χ0v) is 22.6. The Morgan fingerprint density at radius 1 is 1.16 bits per heavy atom. The summed E-state index contributed by atoms with van der Waals surface area (Å²) in [4.78, 5) is 35.1. The summed E-state index contributed by atoms with van der Waals surface area (Å²) >= 11 is 4.74. The minimum atomic E-state index is -0.519. The molecule has 0 saturated heterocycles. The van der Waals surface area contributed by atoms with E-state index >= 15 is 0 Å². The molecule has 4 aromatic rings. The summed E-state index contributed by atoms with van der Waals surface area (Å²) in [6, 6.07) is 11.3. The largest absolute Gasteiger partial charge is 0.352 e. The van der Waals surface area contributed by atoms with E-state index in [0.717, 1.165) is 16.8 Å². The first-order valence-electron chi connectivity index (χ1n) is 12.5. The predicted molar refractivity (Wildman–Crippen MR) is 145 cm³/mol. The number of hydrogen-bond acceptors (Lipinski definition) is 6. The molecule has 37 heavy (non-hydrogen) atoms. The molecule has 1 N–H and O–H groups in total. The van der Waals surface area contributed by atoms with Gasteiger partial charge in [0.25, 0.3) is 5.56 Å². The van der Waals surface area contributed by atoms with Crippen molar-refractivity contribution >= 4 is 50.1 Å². The zero-order valence-electron chi connectivity index (χ0n) is 20.2. The third-order valence-corrected chi connectivity index (χ3v) is 9.17. The number of carbonyl (C=O) groups excluding carboxylic acids is 1. The van der Waals surface area contributed by atoms with E-state index in [4.69, 9.17) is 4.98 Å². The number of carbonyl (C=O) groups is 1. The fraction of sp³-hybridized carbons (Fsp3) is 0.370. The van der Waals surface area contributed by atoms with Crippen LogP contribution >= 0.6 is 27.7 Å². The van der Waals surface area contributed by atoms with Crippen LogP contribution < -0.4 is 10.9 Å². The van der Waals surface area contributed by atoms with Gasteiger partial charge in [0.2, 0.25) is 5.91 Å². The average molecular weight is 582 g/mol. The van der Waals surface area contributed by atoms with E-state index in [0.29, 0.717) is 39.1 Å². The van der Waals surface area contributed by atoms with Gasteiger partial charge in [0.05, 0.1) is 11.3 Å². The summed E-state index contributed by atoms with van der Waals surface area (Å²) in [5.74, 6) is 1.61. The Morgan fingerprint density at radius 3 is 2.73 bits per heavy atom. The molecule has 2 heterocycles. The molecule has 10 heteroatoms. The number of halogens is 2.